The van der Waals surface area contributed by atoms with Gasteiger partial charge < -0.3 is 15.1 Å². The first-order valence-electron chi connectivity index (χ1n) is 12.8. The lowest BCUT2D eigenvalue weighted by Gasteiger charge is -2.33. The lowest BCUT2D eigenvalue weighted by atomic mass is 10.1. The van der Waals surface area contributed by atoms with Gasteiger partial charge in [0.1, 0.15) is 5.82 Å². The number of likely N-dealkylation sites (N-methyl/N-ethyl adjacent to an activating group) is 1. The molecule has 2 atom stereocenters. The molecule has 0 aliphatic carbocycles. The summed E-state index contributed by atoms with van der Waals surface area (Å²) in [5.41, 5.74) is 2.07. The van der Waals surface area contributed by atoms with Gasteiger partial charge in [0.25, 0.3) is 0 Å². The zero-order valence-corrected chi connectivity index (χ0v) is 20.8. The average Bonchev–Trinajstić information content (AvgIpc) is 3.53. The number of hydrogen-bond acceptors (Lipinski definition) is 7. The van der Waals surface area contributed by atoms with E-state index in [4.69, 9.17) is 5.10 Å². The highest BCUT2D eigenvalue weighted by atomic mass is 16.1. The van der Waals surface area contributed by atoms with Crippen LogP contribution in [-0.2, 0) is 11.2 Å². The minimum atomic E-state index is 0.0616. The Morgan fingerprint density at radius 3 is 2.66 bits per heavy atom. The molecule has 9 nitrogen and oxygen atoms in total. The molecule has 2 aromatic heterocycles. The van der Waals surface area contributed by atoms with Gasteiger partial charge in [0.15, 0.2) is 11.5 Å². The van der Waals surface area contributed by atoms with Crippen LogP contribution in [0.2, 0.25) is 0 Å². The van der Waals surface area contributed by atoms with E-state index in [2.05, 4.69) is 74.5 Å². The number of hydrogen-bond donors (Lipinski definition) is 1. The highest BCUT2D eigenvalue weighted by Crippen LogP contribution is 2.27. The summed E-state index contributed by atoms with van der Waals surface area (Å²) < 4.78 is 1.79. The number of nitrogens with zero attached hydrogens (tertiary/aromatic N) is 7. The summed E-state index contributed by atoms with van der Waals surface area (Å²) in [6, 6.07) is 15.0. The lowest BCUT2D eigenvalue weighted by Crippen LogP contribution is -2.45. The standard InChI is InChI=1S/C26H36N8O/c1-20(22-6-4-3-5-7-22)33-13-12-21(19-33)18-27-26(35)11-10-24-29-28-23-8-9-25(30-34(23)24)32-16-14-31(2)15-17-32/h3-9,20-21H,10-19H2,1-2H3,(H,27,35)/t20-,21+/m1/s1. The Labute approximate surface area is 207 Å². The van der Waals surface area contributed by atoms with Crippen molar-refractivity contribution < 1.29 is 4.79 Å². The van der Waals surface area contributed by atoms with E-state index in [0.29, 0.717) is 24.8 Å². The van der Waals surface area contributed by atoms with Crippen molar-refractivity contribution in [2.45, 2.75) is 32.2 Å². The number of fused-ring (bicyclic) bond motifs is 1. The molecule has 4 heterocycles. The molecule has 1 amide bonds. The van der Waals surface area contributed by atoms with Crippen molar-refractivity contribution in [1.82, 2.24) is 34.9 Å². The summed E-state index contributed by atoms with van der Waals surface area (Å²) in [4.78, 5) is 19.7. The number of nitrogens with one attached hydrogen (secondary N) is 1. The number of rotatable bonds is 8. The predicted octanol–water partition coefficient (Wildman–Crippen LogP) is 2.01. The maximum absolute atomic E-state index is 12.6. The SMILES string of the molecule is C[C@H](c1ccccc1)N1CC[C@@H](CNC(=O)CCc2nnc3ccc(N4CCN(C)CC4)nn23)C1. The number of amides is 1. The number of carbonyl (C=O) groups excluding carboxylic acids is 1. The van der Waals surface area contributed by atoms with Gasteiger partial charge in [-0.05, 0) is 50.6 Å². The van der Waals surface area contributed by atoms with E-state index in [0.717, 1.165) is 69.5 Å². The van der Waals surface area contributed by atoms with Gasteiger partial charge >= 0.3 is 0 Å². The van der Waals surface area contributed by atoms with Gasteiger partial charge in [-0.15, -0.1) is 15.3 Å². The molecule has 2 aliphatic rings. The van der Waals surface area contributed by atoms with E-state index in [-0.39, 0.29) is 5.91 Å². The van der Waals surface area contributed by atoms with E-state index in [9.17, 15) is 4.79 Å². The van der Waals surface area contributed by atoms with Crippen molar-refractivity contribution in [3.63, 3.8) is 0 Å². The molecule has 3 aromatic rings. The minimum absolute atomic E-state index is 0.0616. The van der Waals surface area contributed by atoms with E-state index < -0.39 is 0 Å². The predicted molar refractivity (Wildman–Crippen MR) is 136 cm³/mol. The van der Waals surface area contributed by atoms with Crippen LogP contribution in [0.25, 0.3) is 5.65 Å². The molecule has 9 heteroatoms. The second-order valence-electron chi connectivity index (χ2n) is 9.91. The Morgan fingerprint density at radius 1 is 1.06 bits per heavy atom. The summed E-state index contributed by atoms with van der Waals surface area (Å²) in [6.07, 6.45) is 2.03. The van der Waals surface area contributed by atoms with Crippen molar-refractivity contribution in [2.75, 3.05) is 57.8 Å². The van der Waals surface area contributed by atoms with E-state index in [1.807, 2.05) is 12.1 Å². The molecule has 1 aromatic carbocycles. The van der Waals surface area contributed by atoms with E-state index >= 15 is 0 Å². The molecule has 2 aliphatic heterocycles. The first kappa shape index (κ1) is 23.7. The van der Waals surface area contributed by atoms with Gasteiger partial charge in [-0.2, -0.15) is 4.52 Å². The van der Waals surface area contributed by atoms with E-state index in [1.165, 1.54) is 5.56 Å². The summed E-state index contributed by atoms with van der Waals surface area (Å²) in [5.74, 6) is 2.22. The summed E-state index contributed by atoms with van der Waals surface area (Å²) in [5, 5.41) is 16.5. The minimum Gasteiger partial charge on any atom is -0.356 e. The topological polar surface area (TPSA) is 81.9 Å². The van der Waals surface area contributed by atoms with Crippen LogP contribution in [0.1, 0.15) is 37.2 Å². The highest BCUT2D eigenvalue weighted by molar-refractivity contribution is 5.76. The van der Waals surface area contributed by atoms with Crippen LogP contribution in [0, 0.1) is 5.92 Å². The zero-order valence-electron chi connectivity index (χ0n) is 20.8. The van der Waals surface area contributed by atoms with Crippen LogP contribution in [0.3, 0.4) is 0 Å². The zero-order chi connectivity index (χ0) is 24.2. The molecule has 1 N–H and O–H groups in total. The smallest absolute Gasteiger partial charge is 0.220 e. The van der Waals surface area contributed by atoms with Gasteiger partial charge in [-0.1, -0.05) is 30.3 Å². The van der Waals surface area contributed by atoms with Crippen molar-refractivity contribution in [1.29, 1.82) is 0 Å². The molecule has 35 heavy (non-hydrogen) atoms. The van der Waals surface area contributed by atoms with Crippen LogP contribution < -0.4 is 10.2 Å². The second kappa shape index (κ2) is 10.7. The Hall–Kier alpha value is -3.04. The fraction of sp³-hybridized carbons (Fsp3) is 0.538. The van der Waals surface area contributed by atoms with Crippen LogP contribution in [0.15, 0.2) is 42.5 Å². The number of aryl methyl sites for hydroxylation is 1. The Kier molecular flexibility index (Phi) is 7.24. The molecule has 0 unspecified atom stereocenters. The number of likely N-dealkylation sites (tertiary alicyclic amines) is 1. The molecule has 0 saturated carbocycles. The largest absolute Gasteiger partial charge is 0.356 e. The molecule has 0 radical (unpaired) electrons. The summed E-state index contributed by atoms with van der Waals surface area (Å²) in [7, 11) is 2.14. The quantitative estimate of drug-likeness (QED) is 0.533. The monoisotopic (exact) mass is 476 g/mol. The molecular weight excluding hydrogens is 440 g/mol. The highest BCUT2D eigenvalue weighted by Gasteiger charge is 2.27. The molecule has 0 spiro atoms. The normalized spacial score (nSPS) is 20.4. The fourth-order valence-corrected chi connectivity index (χ4v) is 5.08. The number of benzene rings is 1. The maximum Gasteiger partial charge on any atom is 0.220 e. The first-order chi connectivity index (χ1) is 17.1. The Balaban J connectivity index is 1.10. The van der Waals surface area contributed by atoms with Crippen molar-refractivity contribution in [2.24, 2.45) is 5.92 Å². The Bertz CT molecular complexity index is 1120. The van der Waals surface area contributed by atoms with Gasteiger partial charge in [0.05, 0.1) is 0 Å². The molecule has 2 fully saturated rings. The van der Waals surface area contributed by atoms with Gasteiger partial charge in [0, 0.05) is 58.2 Å². The van der Waals surface area contributed by atoms with Crippen LogP contribution in [-0.4, -0.2) is 88.4 Å². The maximum atomic E-state index is 12.6. The van der Waals surface area contributed by atoms with Crippen LogP contribution >= 0.6 is 0 Å². The van der Waals surface area contributed by atoms with Gasteiger partial charge in [-0.3, -0.25) is 9.69 Å². The molecule has 5 rings (SSSR count). The van der Waals surface area contributed by atoms with Crippen molar-refractivity contribution >= 4 is 17.4 Å². The van der Waals surface area contributed by atoms with Gasteiger partial charge in [0.2, 0.25) is 5.91 Å². The summed E-state index contributed by atoms with van der Waals surface area (Å²) >= 11 is 0. The lowest BCUT2D eigenvalue weighted by molar-refractivity contribution is -0.121. The number of carbonyl (C=O) groups is 1. The Morgan fingerprint density at radius 2 is 1.86 bits per heavy atom. The fourth-order valence-electron chi connectivity index (χ4n) is 5.08. The number of piperazine rings is 1. The third kappa shape index (κ3) is 5.62. The third-order valence-electron chi connectivity index (χ3n) is 7.45. The van der Waals surface area contributed by atoms with Crippen LogP contribution in [0.4, 0.5) is 5.82 Å². The van der Waals surface area contributed by atoms with E-state index in [1.54, 1.807) is 4.52 Å². The summed E-state index contributed by atoms with van der Waals surface area (Å²) in [6.45, 7) is 9.05. The average molecular weight is 477 g/mol. The van der Waals surface area contributed by atoms with Crippen LogP contribution in [0.5, 0.6) is 0 Å². The van der Waals surface area contributed by atoms with Crippen molar-refractivity contribution in [3.05, 3.63) is 53.9 Å². The second-order valence-corrected chi connectivity index (χ2v) is 9.91. The molecule has 0 bridgehead atoms. The first-order valence-corrected chi connectivity index (χ1v) is 12.8. The van der Waals surface area contributed by atoms with Gasteiger partial charge in [-0.25, -0.2) is 0 Å². The molecule has 186 valence electrons. The number of aromatic nitrogens is 4. The molecular formula is C26H36N8O. The molecule has 2 saturated heterocycles. The number of anilines is 1. The third-order valence-corrected chi connectivity index (χ3v) is 7.45. The van der Waals surface area contributed by atoms with Crippen molar-refractivity contribution in [3.8, 4) is 0 Å².